The summed E-state index contributed by atoms with van der Waals surface area (Å²) in [5.74, 6) is 0. The van der Waals surface area contributed by atoms with Gasteiger partial charge in [0.15, 0.2) is 0 Å². The number of aromatic nitrogens is 1. The van der Waals surface area contributed by atoms with Gasteiger partial charge in [0.2, 0.25) is 0 Å². The van der Waals surface area contributed by atoms with E-state index >= 15 is 0 Å². The van der Waals surface area contributed by atoms with Crippen molar-refractivity contribution in [3.05, 3.63) is 18.5 Å². The Morgan fingerprint density at radius 3 is 2.60 bits per heavy atom. The van der Waals surface area contributed by atoms with Gasteiger partial charge in [-0.25, -0.2) is 0 Å². The van der Waals surface area contributed by atoms with Crippen LogP contribution in [0.15, 0.2) is 18.5 Å². The van der Waals surface area contributed by atoms with Crippen LogP contribution in [0.2, 0.25) is 0 Å². The molecule has 1 N–H and O–H groups in total. The van der Waals surface area contributed by atoms with Crippen LogP contribution in [0.3, 0.4) is 0 Å². The molecule has 0 aliphatic rings. The Morgan fingerprint density at radius 2 is 2.20 bits per heavy atom. The summed E-state index contributed by atoms with van der Waals surface area (Å²) in [5, 5.41) is 0. The Bertz CT molecular complexity index is 177. The molecule has 0 atom stereocenters. The fraction of sp³-hybridized carbons (Fsp3) is 0.500. The van der Waals surface area contributed by atoms with E-state index in [9.17, 15) is 0 Å². The van der Waals surface area contributed by atoms with E-state index < -0.39 is 0 Å². The molecular formula is C8H14N2. The summed E-state index contributed by atoms with van der Waals surface area (Å²) in [6.07, 6.45) is 3.94. The molecular weight excluding hydrogens is 124 g/mol. The van der Waals surface area contributed by atoms with Gasteiger partial charge in [-0.1, -0.05) is 0 Å². The highest BCUT2D eigenvalue weighted by Gasteiger charge is 2.02. The lowest BCUT2D eigenvalue weighted by atomic mass is 10.3. The van der Waals surface area contributed by atoms with Gasteiger partial charge in [-0.2, -0.15) is 0 Å². The highest BCUT2D eigenvalue weighted by atomic mass is 15.1. The third-order valence-corrected chi connectivity index (χ3v) is 1.76. The van der Waals surface area contributed by atoms with Crippen molar-refractivity contribution in [1.82, 2.24) is 4.98 Å². The maximum atomic E-state index is 3.02. The molecule has 0 aliphatic heterocycles. The van der Waals surface area contributed by atoms with Gasteiger partial charge in [0.25, 0.3) is 0 Å². The van der Waals surface area contributed by atoms with Crippen LogP contribution in [0, 0.1) is 0 Å². The molecule has 1 aromatic heterocycles. The molecule has 0 aromatic carbocycles. The number of aromatic amines is 1. The van der Waals surface area contributed by atoms with Gasteiger partial charge in [-0.3, -0.25) is 0 Å². The number of nitrogens with one attached hydrogen (secondary N) is 1. The summed E-state index contributed by atoms with van der Waals surface area (Å²) in [6.45, 7) is 4.35. The van der Waals surface area contributed by atoms with Gasteiger partial charge in [0.05, 0.1) is 5.69 Å². The molecule has 0 aliphatic carbocycles. The zero-order valence-electron chi connectivity index (χ0n) is 6.76. The second kappa shape index (κ2) is 2.78. The first-order chi connectivity index (χ1) is 4.72. The number of hydrogen-bond acceptors (Lipinski definition) is 1. The van der Waals surface area contributed by atoms with Crippen LogP contribution in [0.5, 0.6) is 0 Å². The average molecular weight is 138 g/mol. The summed E-state index contributed by atoms with van der Waals surface area (Å²) in [7, 11) is 2.09. The second-order valence-corrected chi connectivity index (χ2v) is 2.77. The fourth-order valence-electron chi connectivity index (χ4n) is 0.833. The first kappa shape index (κ1) is 7.19. The molecule has 0 bridgehead atoms. The van der Waals surface area contributed by atoms with Crippen LogP contribution >= 0.6 is 0 Å². The lowest BCUT2D eigenvalue weighted by molar-refractivity contribution is 0.755. The van der Waals surface area contributed by atoms with Gasteiger partial charge in [0.1, 0.15) is 0 Å². The predicted octanol–water partition coefficient (Wildman–Crippen LogP) is 1.86. The van der Waals surface area contributed by atoms with Crippen molar-refractivity contribution >= 4 is 5.69 Å². The lowest BCUT2D eigenvalue weighted by Gasteiger charge is -2.21. The van der Waals surface area contributed by atoms with Gasteiger partial charge in [0, 0.05) is 25.5 Å². The van der Waals surface area contributed by atoms with E-state index in [0.29, 0.717) is 6.04 Å². The monoisotopic (exact) mass is 138 g/mol. The van der Waals surface area contributed by atoms with Gasteiger partial charge in [-0.05, 0) is 19.9 Å². The van der Waals surface area contributed by atoms with Crippen LogP contribution in [0.4, 0.5) is 5.69 Å². The van der Waals surface area contributed by atoms with Gasteiger partial charge < -0.3 is 9.88 Å². The zero-order chi connectivity index (χ0) is 7.56. The lowest BCUT2D eigenvalue weighted by Crippen LogP contribution is -2.24. The molecule has 0 amide bonds. The Morgan fingerprint density at radius 1 is 1.50 bits per heavy atom. The molecule has 1 rings (SSSR count). The molecule has 0 saturated heterocycles. The molecule has 56 valence electrons. The Labute approximate surface area is 61.9 Å². The Hall–Kier alpha value is -0.920. The van der Waals surface area contributed by atoms with E-state index in [0.717, 1.165) is 0 Å². The third kappa shape index (κ3) is 1.32. The van der Waals surface area contributed by atoms with Crippen molar-refractivity contribution in [2.75, 3.05) is 11.9 Å². The highest BCUT2D eigenvalue weighted by Crippen LogP contribution is 2.12. The minimum Gasteiger partial charge on any atom is -0.371 e. The van der Waals surface area contributed by atoms with Crippen molar-refractivity contribution in [2.45, 2.75) is 19.9 Å². The van der Waals surface area contributed by atoms with E-state index in [1.807, 2.05) is 12.4 Å². The van der Waals surface area contributed by atoms with Crippen molar-refractivity contribution in [2.24, 2.45) is 0 Å². The van der Waals surface area contributed by atoms with Gasteiger partial charge in [-0.15, -0.1) is 0 Å². The number of nitrogens with zero attached hydrogens (tertiary/aromatic N) is 1. The van der Waals surface area contributed by atoms with E-state index in [-0.39, 0.29) is 0 Å². The number of H-pyrrole nitrogens is 1. The molecule has 10 heavy (non-hydrogen) atoms. The number of anilines is 1. The second-order valence-electron chi connectivity index (χ2n) is 2.77. The molecule has 1 aromatic rings. The topological polar surface area (TPSA) is 19.0 Å². The molecule has 1 heterocycles. The van der Waals surface area contributed by atoms with E-state index in [1.54, 1.807) is 0 Å². The maximum Gasteiger partial charge on any atom is 0.0543 e. The van der Waals surface area contributed by atoms with Gasteiger partial charge >= 0.3 is 0 Å². The van der Waals surface area contributed by atoms with Crippen LogP contribution in [-0.4, -0.2) is 18.1 Å². The van der Waals surface area contributed by atoms with E-state index in [2.05, 4.69) is 36.8 Å². The van der Waals surface area contributed by atoms with Crippen molar-refractivity contribution < 1.29 is 0 Å². The smallest absolute Gasteiger partial charge is 0.0543 e. The first-order valence-electron chi connectivity index (χ1n) is 3.57. The van der Waals surface area contributed by atoms with Crippen LogP contribution in [-0.2, 0) is 0 Å². The van der Waals surface area contributed by atoms with Crippen LogP contribution in [0.25, 0.3) is 0 Å². The zero-order valence-corrected chi connectivity index (χ0v) is 6.76. The molecule has 0 saturated carbocycles. The molecule has 2 nitrogen and oxygen atoms in total. The van der Waals surface area contributed by atoms with Crippen LogP contribution in [0.1, 0.15) is 13.8 Å². The molecule has 0 unspecified atom stereocenters. The molecule has 2 heteroatoms. The Kier molecular flexibility index (Phi) is 2.00. The van der Waals surface area contributed by atoms with Crippen molar-refractivity contribution in [1.29, 1.82) is 0 Å². The average Bonchev–Trinajstić information content (AvgIpc) is 2.36. The van der Waals surface area contributed by atoms with Crippen molar-refractivity contribution in [3.63, 3.8) is 0 Å². The van der Waals surface area contributed by atoms with E-state index in [1.165, 1.54) is 5.69 Å². The summed E-state index contributed by atoms with van der Waals surface area (Å²) < 4.78 is 0. The molecule has 0 fully saturated rings. The number of rotatable bonds is 2. The summed E-state index contributed by atoms with van der Waals surface area (Å²) in [4.78, 5) is 5.24. The quantitative estimate of drug-likeness (QED) is 0.661. The normalized spacial score (nSPS) is 10.4. The van der Waals surface area contributed by atoms with Crippen LogP contribution < -0.4 is 4.90 Å². The summed E-state index contributed by atoms with van der Waals surface area (Å²) >= 11 is 0. The largest absolute Gasteiger partial charge is 0.371 e. The third-order valence-electron chi connectivity index (χ3n) is 1.76. The summed E-state index contributed by atoms with van der Waals surface area (Å²) in [5.41, 5.74) is 1.25. The fourth-order valence-corrected chi connectivity index (χ4v) is 0.833. The number of hydrogen-bond donors (Lipinski definition) is 1. The summed E-state index contributed by atoms with van der Waals surface area (Å²) in [6, 6.07) is 2.64. The minimum atomic E-state index is 0.566. The Balaban J connectivity index is 2.68. The SMILES string of the molecule is CC(C)N(C)c1cc[nH]c1. The highest BCUT2D eigenvalue weighted by molar-refractivity contribution is 5.43. The standard InChI is InChI=1S/C8H14N2/c1-7(2)10(3)8-4-5-9-6-8/h4-7,9H,1-3H3. The van der Waals surface area contributed by atoms with E-state index in [4.69, 9.17) is 0 Å². The first-order valence-corrected chi connectivity index (χ1v) is 3.57. The molecule has 0 radical (unpaired) electrons. The predicted molar refractivity (Wildman–Crippen MR) is 44.3 cm³/mol. The maximum absolute atomic E-state index is 3.02. The minimum absolute atomic E-state index is 0.566. The molecule has 0 spiro atoms. The van der Waals surface area contributed by atoms with Crippen molar-refractivity contribution in [3.8, 4) is 0 Å².